The van der Waals surface area contributed by atoms with E-state index in [1.807, 2.05) is 32.0 Å². The number of aliphatic carboxylic acids is 1. The van der Waals surface area contributed by atoms with E-state index in [4.69, 9.17) is 9.84 Å². The Labute approximate surface area is 136 Å². The molecule has 1 atom stereocenters. The van der Waals surface area contributed by atoms with E-state index in [1.54, 1.807) is 12.0 Å². The predicted molar refractivity (Wildman–Crippen MR) is 86.6 cm³/mol. The summed E-state index contributed by atoms with van der Waals surface area (Å²) in [7, 11) is 1.61. The average Bonchev–Trinajstić information content (AvgIpc) is 2.54. The maximum Gasteiger partial charge on any atom is 0.317 e. The van der Waals surface area contributed by atoms with E-state index in [2.05, 4.69) is 5.32 Å². The fourth-order valence-corrected chi connectivity index (χ4v) is 2.88. The molecule has 6 heteroatoms. The number of benzene rings is 1. The van der Waals surface area contributed by atoms with E-state index in [0.29, 0.717) is 25.9 Å². The molecular formula is C17H24N2O4. The van der Waals surface area contributed by atoms with Crippen molar-refractivity contribution in [1.82, 2.24) is 10.2 Å². The number of piperidine rings is 1. The molecule has 0 bridgehead atoms. The standard InChI is InChI=1S/C17H24N2O4/c1-11-4-5-15(23-3)14(10-11)12(2)18-17(22)19-8-6-13(7-9-19)16(20)21/h4-5,10,12-13H,6-9H2,1-3H3,(H,18,22)(H,20,21)/t12-/m1/s1. The molecule has 1 fully saturated rings. The van der Waals surface area contributed by atoms with Crippen LogP contribution in [0.15, 0.2) is 18.2 Å². The first-order valence-corrected chi connectivity index (χ1v) is 7.85. The van der Waals surface area contributed by atoms with Crippen molar-refractivity contribution >= 4 is 12.0 Å². The van der Waals surface area contributed by atoms with Gasteiger partial charge in [0.2, 0.25) is 0 Å². The lowest BCUT2D eigenvalue weighted by Crippen LogP contribution is -2.46. The second kappa shape index (κ2) is 7.35. The normalized spacial score (nSPS) is 16.7. The van der Waals surface area contributed by atoms with Crippen molar-refractivity contribution in [3.8, 4) is 5.75 Å². The quantitative estimate of drug-likeness (QED) is 0.893. The number of carboxylic acids is 1. The number of nitrogens with zero attached hydrogens (tertiary/aromatic N) is 1. The minimum absolute atomic E-state index is 0.162. The summed E-state index contributed by atoms with van der Waals surface area (Å²) in [5.41, 5.74) is 2.03. The van der Waals surface area contributed by atoms with Crippen molar-refractivity contribution in [3.05, 3.63) is 29.3 Å². The fourth-order valence-electron chi connectivity index (χ4n) is 2.88. The Hall–Kier alpha value is -2.24. The lowest BCUT2D eigenvalue weighted by Gasteiger charge is -2.31. The molecule has 6 nitrogen and oxygen atoms in total. The van der Waals surface area contributed by atoms with Crippen LogP contribution in [-0.2, 0) is 4.79 Å². The number of amides is 2. The number of nitrogens with one attached hydrogen (secondary N) is 1. The predicted octanol–water partition coefficient (Wildman–Crippen LogP) is 2.57. The lowest BCUT2D eigenvalue weighted by molar-refractivity contribution is -0.143. The molecule has 0 aromatic heterocycles. The van der Waals surface area contributed by atoms with Gasteiger partial charge in [0.05, 0.1) is 19.1 Å². The van der Waals surface area contributed by atoms with Crippen LogP contribution in [0.3, 0.4) is 0 Å². The number of urea groups is 1. The van der Waals surface area contributed by atoms with Gasteiger partial charge in [0.1, 0.15) is 5.75 Å². The molecular weight excluding hydrogens is 296 g/mol. The molecule has 1 aromatic carbocycles. The highest BCUT2D eigenvalue weighted by atomic mass is 16.5. The number of likely N-dealkylation sites (tertiary alicyclic amines) is 1. The summed E-state index contributed by atoms with van der Waals surface area (Å²) in [6.45, 7) is 4.86. The summed E-state index contributed by atoms with van der Waals surface area (Å²) in [6.07, 6.45) is 1.01. The Kier molecular flexibility index (Phi) is 5.47. The topological polar surface area (TPSA) is 78.9 Å². The number of hydrogen-bond acceptors (Lipinski definition) is 3. The summed E-state index contributed by atoms with van der Waals surface area (Å²) >= 11 is 0. The summed E-state index contributed by atoms with van der Waals surface area (Å²) in [5, 5.41) is 12.0. The number of rotatable bonds is 4. The number of carbonyl (C=O) groups excluding carboxylic acids is 1. The molecule has 2 amide bonds. The molecule has 1 saturated heterocycles. The minimum atomic E-state index is -0.775. The van der Waals surface area contributed by atoms with Crippen molar-refractivity contribution < 1.29 is 19.4 Å². The van der Waals surface area contributed by atoms with Gasteiger partial charge < -0.3 is 20.1 Å². The fraction of sp³-hybridized carbons (Fsp3) is 0.529. The minimum Gasteiger partial charge on any atom is -0.496 e. The number of aryl methyl sites for hydroxylation is 1. The Morgan fingerprint density at radius 1 is 1.35 bits per heavy atom. The van der Waals surface area contributed by atoms with E-state index in [-0.39, 0.29) is 18.0 Å². The summed E-state index contributed by atoms with van der Waals surface area (Å²) in [5.74, 6) is -0.371. The molecule has 0 aliphatic carbocycles. The maximum atomic E-state index is 12.4. The molecule has 126 valence electrons. The molecule has 0 saturated carbocycles. The van der Waals surface area contributed by atoms with Gasteiger partial charge in [-0.1, -0.05) is 17.7 Å². The largest absolute Gasteiger partial charge is 0.496 e. The van der Waals surface area contributed by atoms with Crippen LogP contribution < -0.4 is 10.1 Å². The monoisotopic (exact) mass is 320 g/mol. The van der Waals surface area contributed by atoms with Crippen molar-refractivity contribution in [3.63, 3.8) is 0 Å². The molecule has 0 spiro atoms. The SMILES string of the molecule is COc1ccc(C)cc1[C@@H](C)NC(=O)N1CCC(C(=O)O)CC1. The molecule has 1 aliphatic heterocycles. The third kappa shape index (κ3) is 4.15. The Morgan fingerprint density at radius 2 is 2.00 bits per heavy atom. The third-order valence-corrected chi connectivity index (χ3v) is 4.32. The molecule has 2 rings (SSSR count). The highest BCUT2D eigenvalue weighted by molar-refractivity contribution is 5.76. The van der Waals surface area contributed by atoms with Crippen LogP contribution in [0.4, 0.5) is 4.79 Å². The summed E-state index contributed by atoms with van der Waals surface area (Å²) < 4.78 is 5.36. The second-order valence-electron chi connectivity index (χ2n) is 6.02. The molecule has 2 N–H and O–H groups in total. The number of methoxy groups -OCH3 is 1. The van der Waals surface area contributed by atoms with Crippen LogP contribution in [0, 0.1) is 12.8 Å². The van der Waals surface area contributed by atoms with Crippen molar-refractivity contribution in [2.45, 2.75) is 32.7 Å². The van der Waals surface area contributed by atoms with Gasteiger partial charge in [0.25, 0.3) is 0 Å². The Morgan fingerprint density at radius 3 is 2.57 bits per heavy atom. The zero-order chi connectivity index (χ0) is 17.0. The van der Waals surface area contributed by atoms with E-state index < -0.39 is 5.97 Å². The van der Waals surface area contributed by atoms with Crippen LogP contribution >= 0.6 is 0 Å². The van der Waals surface area contributed by atoms with E-state index in [0.717, 1.165) is 16.9 Å². The van der Waals surface area contributed by atoms with Gasteiger partial charge in [0.15, 0.2) is 0 Å². The average molecular weight is 320 g/mol. The highest BCUT2D eigenvalue weighted by Crippen LogP contribution is 2.26. The second-order valence-corrected chi connectivity index (χ2v) is 6.02. The van der Waals surface area contributed by atoms with E-state index in [1.165, 1.54) is 0 Å². The van der Waals surface area contributed by atoms with Crippen molar-refractivity contribution in [2.75, 3.05) is 20.2 Å². The Balaban J connectivity index is 1.98. The first kappa shape index (κ1) is 17.1. The first-order valence-electron chi connectivity index (χ1n) is 7.85. The third-order valence-electron chi connectivity index (χ3n) is 4.32. The highest BCUT2D eigenvalue weighted by Gasteiger charge is 2.27. The number of ether oxygens (including phenoxy) is 1. The van der Waals surface area contributed by atoms with Gasteiger partial charge >= 0.3 is 12.0 Å². The van der Waals surface area contributed by atoms with Gasteiger partial charge in [0, 0.05) is 18.7 Å². The zero-order valence-corrected chi connectivity index (χ0v) is 13.8. The summed E-state index contributed by atoms with van der Waals surface area (Å²) in [6, 6.07) is 5.51. The van der Waals surface area contributed by atoms with Gasteiger partial charge in [-0.2, -0.15) is 0 Å². The molecule has 1 aliphatic rings. The van der Waals surface area contributed by atoms with Gasteiger partial charge in [-0.25, -0.2) is 4.79 Å². The van der Waals surface area contributed by atoms with Crippen LogP contribution in [-0.4, -0.2) is 42.2 Å². The van der Waals surface area contributed by atoms with Crippen LogP contribution in [0.1, 0.15) is 36.9 Å². The van der Waals surface area contributed by atoms with Gasteiger partial charge in [-0.05, 0) is 32.8 Å². The number of carboxylic acid groups (broad SMARTS) is 1. The Bertz CT molecular complexity index is 580. The molecule has 1 heterocycles. The molecule has 0 radical (unpaired) electrons. The van der Waals surface area contributed by atoms with E-state index >= 15 is 0 Å². The number of carbonyl (C=O) groups is 2. The van der Waals surface area contributed by atoms with E-state index in [9.17, 15) is 9.59 Å². The first-order chi connectivity index (χ1) is 10.9. The molecule has 1 aromatic rings. The van der Waals surface area contributed by atoms with Crippen LogP contribution in [0.5, 0.6) is 5.75 Å². The van der Waals surface area contributed by atoms with Crippen LogP contribution in [0.2, 0.25) is 0 Å². The lowest BCUT2D eigenvalue weighted by atomic mass is 9.97. The van der Waals surface area contributed by atoms with Crippen molar-refractivity contribution in [1.29, 1.82) is 0 Å². The van der Waals surface area contributed by atoms with Crippen molar-refractivity contribution in [2.24, 2.45) is 5.92 Å². The van der Waals surface area contributed by atoms with Gasteiger partial charge in [-0.15, -0.1) is 0 Å². The molecule has 23 heavy (non-hydrogen) atoms. The zero-order valence-electron chi connectivity index (χ0n) is 13.8. The smallest absolute Gasteiger partial charge is 0.317 e. The van der Waals surface area contributed by atoms with Crippen LogP contribution in [0.25, 0.3) is 0 Å². The van der Waals surface area contributed by atoms with Gasteiger partial charge in [-0.3, -0.25) is 4.79 Å². The number of hydrogen-bond donors (Lipinski definition) is 2. The molecule has 0 unspecified atom stereocenters. The summed E-state index contributed by atoms with van der Waals surface area (Å²) in [4.78, 5) is 25.0. The maximum absolute atomic E-state index is 12.4.